The molecule has 132 valence electrons. The second-order valence-electron chi connectivity index (χ2n) is 6.64. The van der Waals surface area contributed by atoms with Crippen molar-refractivity contribution >= 4 is 5.91 Å². The van der Waals surface area contributed by atoms with E-state index in [-0.39, 0.29) is 11.9 Å². The van der Waals surface area contributed by atoms with Gasteiger partial charge in [-0.05, 0) is 26.7 Å². The van der Waals surface area contributed by atoms with Gasteiger partial charge in [0.25, 0.3) is 5.91 Å². The summed E-state index contributed by atoms with van der Waals surface area (Å²) in [6.45, 7) is 4.69. The molecule has 0 aliphatic carbocycles. The number of carbonyl (C=O) groups excluding carboxylic acids is 1. The van der Waals surface area contributed by atoms with Gasteiger partial charge in [-0.15, -0.1) is 0 Å². The zero-order valence-corrected chi connectivity index (χ0v) is 14.9. The molecule has 0 saturated heterocycles. The lowest BCUT2D eigenvalue weighted by Crippen LogP contribution is -2.33. The molecule has 1 N–H and O–H groups in total. The highest BCUT2D eigenvalue weighted by molar-refractivity contribution is 5.94. The molecule has 1 aliphatic heterocycles. The van der Waals surface area contributed by atoms with Crippen molar-refractivity contribution in [2.45, 2.75) is 39.3 Å². The van der Waals surface area contributed by atoms with Gasteiger partial charge in [0.1, 0.15) is 12.0 Å². The summed E-state index contributed by atoms with van der Waals surface area (Å²) in [7, 11) is 0. The normalized spacial score (nSPS) is 16.2. The van der Waals surface area contributed by atoms with Gasteiger partial charge in [-0.1, -0.05) is 30.3 Å². The molecule has 0 fully saturated rings. The van der Waals surface area contributed by atoms with Gasteiger partial charge in [0.15, 0.2) is 0 Å². The van der Waals surface area contributed by atoms with Crippen LogP contribution in [0, 0.1) is 13.8 Å². The Bertz CT molecular complexity index is 948. The van der Waals surface area contributed by atoms with Crippen LogP contribution in [0.25, 0.3) is 11.3 Å². The molecule has 1 aromatic carbocycles. The van der Waals surface area contributed by atoms with Crippen LogP contribution in [0.3, 0.4) is 0 Å². The van der Waals surface area contributed by atoms with Crippen molar-refractivity contribution in [2.24, 2.45) is 0 Å². The third-order valence-corrected chi connectivity index (χ3v) is 5.00. The Kier molecular flexibility index (Phi) is 4.24. The second kappa shape index (κ2) is 6.71. The number of aromatic nitrogens is 4. The van der Waals surface area contributed by atoms with E-state index in [4.69, 9.17) is 0 Å². The van der Waals surface area contributed by atoms with Crippen LogP contribution in [-0.2, 0) is 6.54 Å². The predicted octanol–water partition coefficient (Wildman–Crippen LogP) is 3.22. The highest BCUT2D eigenvalue weighted by Gasteiger charge is 2.28. The smallest absolute Gasteiger partial charge is 0.270 e. The number of fused-ring (bicyclic) bond motifs is 1. The highest BCUT2D eigenvalue weighted by atomic mass is 16.2. The van der Waals surface area contributed by atoms with E-state index in [0.717, 1.165) is 47.6 Å². The van der Waals surface area contributed by atoms with Gasteiger partial charge in [-0.2, -0.15) is 0 Å². The standard InChI is InChI=1S/C20H21N5O/c1-13-14(2)21-11-22-17(13)20(26)24-16-9-6-10-25-12-23-18(19(16)25)15-7-4-3-5-8-15/h3-5,7-8,11-12,16H,6,9-10H2,1-2H3,(H,24,26). The molecule has 0 saturated carbocycles. The Hall–Kier alpha value is -3.02. The van der Waals surface area contributed by atoms with Crippen LogP contribution >= 0.6 is 0 Å². The summed E-state index contributed by atoms with van der Waals surface area (Å²) in [4.78, 5) is 25.8. The molecule has 26 heavy (non-hydrogen) atoms. The van der Waals surface area contributed by atoms with E-state index in [0.29, 0.717) is 5.69 Å². The molecule has 4 rings (SSSR count). The van der Waals surface area contributed by atoms with Crippen molar-refractivity contribution in [1.29, 1.82) is 0 Å². The molecule has 1 aliphatic rings. The molecular weight excluding hydrogens is 326 g/mol. The summed E-state index contributed by atoms with van der Waals surface area (Å²) < 4.78 is 2.15. The minimum atomic E-state index is -0.160. The van der Waals surface area contributed by atoms with Crippen molar-refractivity contribution < 1.29 is 4.79 Å². The number of benzene rings is 1. The molecule has 0 bridgehead atoms. The van der Waals surface area contributed by atoms with E-state index in [1.54, 1.807) is 0 Å². The number of hydrogen-bond donors (Lipinski definition) is 1. The van der Waals surface area contributed by atoms with Crippen molar-refractivity contribution in [2.75, 3.05) is 0 Å². The SMILES string of the molecule is Cc1ncnc(C(=O)NC2CCCn3cnc(-c4ccccc4)c32)c1C. The number of carbonyl (C=O) groups is 1. The van der Waals surface area contributed by atoms with Crippen molar-refractivity contribution in [3.63, 3.8) is 0 Å². The van der Waals surface area contributed by atoms with Gasteiger partial charge in [-0.3, -0.25) is 4.79 Å². The zero-order valence-electron chi connectivity index (χ0n) is 14.9. The molecule has 0 radical (unpaired) electrons. The molecule has 6 heteroatoms. The summed E-state index contributed by atoms with van der Waals surface area (Å²) in [5.74, 6) is -0.160. The first-order valence-electron chi connectivity index (χ1n) is 8.84. The number of rotatable bonds is 3. The Balaban J connectivity index is 1.67. The Morgan fingerprint density at radius 3 is 2.77 bits per heavy atom. The van der Waals surface area contributed by atoms with Crippen LogP contribution in [0.4, 0.5) is 0 Å². The predicted molar refractivity (Wildman–Crippen MR) is 98.6 cm³/mol. The molecular formula is C20H21N5O. The summed E-state index contributed by atoms with van der Waals surface area (Å²) >= 11 is 0. The lowest BCUT2D eigenvalue weighted by molar-refractivity contribution is 0.0923. The fraction of sp³-hybridized carbons (Fsp3) is 0.300. The highest BCUT2D eigenvalue weighted by Crippen LogP contribution is 2.33. The third kappa shape index (κ3) is 2.87. The molecule has 0 spiro atoms. The molecule has 6 nitrogen and oxygen atoms in total. The monoisotopic (exact) mass is 347 g/mol. The van der Waals surface area contributed by atoms with Crippen LogP contribution < -0.4 is 5.32 Å². The van der Waals surface area contributed by atoms with Crippen molar-refractivity contribution in [3.05, 3.63) is 65.6 Å². The minimum absolute atomic E-state index is 0.0800. The summed E-state index contributed by atoms with van der Waals surface area (Å²) in [5.41, 5.74) is 5.15. The average molecular weight is 347 g/mol. The van der Waals surface area contributed by atoms with Gasteiger partial charge in [0, 0.05) is 23.4 Å². The topological polar surface area (TPSA) is 72.7 Å². The van der Waals surface area contributed by atoms with Gasteiger partial charge in [0.05, 0.1) is 23.8 Å². The molecule has 3 aromatic rings. The van der Waals surface area contributed by atoms with E-state index < -0.39 is 0 Å². The summed E-state index contributed by atoms with van der Waals surface area (Å²) in [6.07, 6.45) is 5.21. The van der Waals surface area contributed by atoms with Gasteiger partial charge >= 0.3 is 0 Å². The van der Waals surface area contributed by atoms with E-state index in [2.05, 4.69) is 37.0 Å². The zero-order chi connectivity index (χ0) is 18.1. The quantitative estimate of drug-likeness (QED) is 0.789. The first-order valence-corrected chi connectivity index (χ1v) is 8.84. The van der Waals surface area contributed by atoms with Crippen LogP contribution in [-0.4, -0.2) is 25.4 Å². The maximum atomic E-state index is 12.8. The van der Waals surface area contributed by atoms with E-state index in [1.807, 2.05) is 38.4 Å². The first-order chi connectivity index (χ1) is 12.6. The lowest BCUT2D eigenvalue weighted by Gasteiger charge is -2.26. The van der Waals surface area contributed by atoms with Gasteiger partial charge in [-0.25, -0.2) is 15.0 Å². The van der Waals surface area contributed by atoms with Gasteiger partial charge in [0.2, 0.25) is 0 Å². The Labute approximate surface area is 152 Å². The maximum absolute atomic E-state index is 12.8. The number of hydrogen-bond acceptors (Lipinski definition) is 4. The first kappa shape index (κ1) is 16.4. The molecule has 3 heterocycles. The largest absolute Gasteiger partial charge is 0.342 e. The second-order valence-corrected chi connectivity index (χ2v) is 6.64. The van der Waals surface area contributed by atoms with Crippen molar-refractivity contribution in [1.82, 2.24) is 24.8 Å². The average Bonchev–Trinajstić information content (AvgIpc) is 3.10. The van der Waals surface area contributed by atoms with E-state index >= 15 is 0 Å². The minimum Gasteiger partial charge on any atom is -0.342 e. The van der Waals surface area contributed by atoms with Crippen molar-refractivity contribution in [3.8, 4) is 11.3 Å². The lowest BCUT2D eigenvalue weighted by atomic mass is 9.98. The van der Waals surface area contributed by atoms with Crippen LogP contribution in [0.5, 0.6) is 0 Å². The Morgan fingerprint density at radius 1 is 1.15 bits per heavy atom. The van der Waals surface area contributed by atoms with Crippen LogP contribution in [0.2, 0.25) is 0 Å². The number of aryl methyl sites for hydroxylation is 2. The molecule has 1 unspecified atom stereocenters. The fourth-order valence-corrected chi connectivity index (χ4v) is 3.49. The van der Waals surface area contributed by atoms with E-state index in [1.165, 1.54) is 6.33 Å². The fourth-order valence-electron chi connectivity index (χ4n) is 3.49. The van der Waals surface area contributed by atoms with Gasteiger partial charge < -0.3 is 9.88 Å². The molecule has 2 aromatic heterocycles. The number of imidazole rings is 1. The molecule has 1 atom stereocenters. The maximum Gasteiger partial charge on any atom is 0.270 e. The van der Waals surface area contributed by atoms with E-state index in [9.17, 15) is 4.79 Å². The Morgan fingerprint density at radius 2 is 1.96 bits per heavy atom. The van der Waals surface area contributed by atoms with Crippen LogP contribution in [0.1, 0.15) is 46.3 Å². The molecule has 1 amide bonds. The number of nitrogens with zero attached hydrogens (tertiary/aromatic N) is 4. The summed E-state index contributed by atoms with van der Waals surface area (Å²) in [5, 5.41) is 3.17. The summed E-state index contributed by atoms with van der Waals surface area (Å²) in [6, 6.07) is 10.0. The number of nitrogens with one attached hydrogen (secondary N) is 1. The van der Waals surface area contributed by atoms with Crippen LogP contribution in [0.15, 0.2) is 43.0 Å². The number of amides is 1. The third-order valence-electron chi connectivity index (χ3n) is 5.00.